The van der Waals surface area contributed by atoms with Gasteiger partial charge < -0.3 is 14.9 Å². The van der Waals surface area contributed by atoms with Gasteiger partial charge >= 0.3 is 6.18 Å². The zero-order valence-corrected chi connectivity index (χ0v) is 14.9. The first-order chi connectivity index (χ1) is 13.2. The maximum absolute atomic E-state index is 12.9. The lowest BCUT2D eigenvalue weighted by molar-refractivity contribution is -0.137. The molecule has 0 radical (unpaired) electrons. The Bertz CT molecular complexity index is 1010. The molecule has 1 aliphatic rings. The monoisotopic (exact) mass is 393 g/mol. The molecule has 4 rings (SSSR count). The molecule has 0 unspecified atom stereocenters. The van der Waals surface area contributed by atoms with Crippen molar-refractivity contribution in [2.45, 2.75) is 31.7 Å². The van der Waals surface area contributed by atoms with Gasteiger partial charge in [0.1, 0.15) is 11.8 Å². The summed E-state index contributed by atoms with van der Waals surface area (Å²) >= 11 is 0. The van der Waals surface area contributed by atoms with Gasteiger partial charge in [-0.05, 0) is 43.2 Å². The van der Waals surface area contributed by atoms with E-state index in [0.29, 0.717) is 42.4 Å². The van der Waals surface area contributed by atoms with Gasteiger partial charge in [-0.15, -0.1) is 0 Å². The zero-order valence-electron chi connectivity index (χ0n) is 14.9. The van der Waals surface area contributed by atoms with Crippen molar-refractivity contribution in [3.05, 3.63) is 41.6 Å². The molecule has 9 heteroatoms. The maximum atomic E-state index is 12.9. The Kier molecular flexibility index (Phi) is 4.51. The van der Waals surface area contributed by atoms with Crippen molar-refractivity contribution in [1.82, 2.24) is 14.8 Å². The van der Waals surface area contributed by atoms with E-state index in [9.17, 15) is 23.4 Å². The number of aryl methyl sites for hydroxylation is 1. The van der Waals surface area contributed by atoms with Gasteiger partial charge in [0.15, 0.2) is 5.65 Å². The predicted octanol–water partition coefficient (Wildman–Crippen LogP) is 3.45. The SMILES string of the molecule is Cc1cc(C(F)(F)F)cc(O)c1-c1ccc2cn([C@@H]3COCC[C@H]3O)nc2n1. The molecule has 2 aromatic heterocycles. The van der Waals surface area contributed by atoms with Crippen LogP contribution in [-0.2, 0) is 10.9 Å². The van der Waals surface area contributed by atoms with Gasteiger partial charge in [-0.25, -0.2) is 4.98 Å². The van der Waals surface area contributed by atoms with E-state index in [1.165, 1.54) is 6.92 Å². The Morgan fingerprint density at radius 1 is 1.25 bits per heavy atom. The molecule has 0 saturated carbocycles. The number of rotatable bonds is 2. The van der Waals surface area contributed by atoms with E-state index in [-0.39, 0.29) is 17.2 Å². The Morgan fingerprint density at radius 3 is 2.71 bits per heavy atom. The molecule has 0 bridgehead atoms. The summed E-state index contributed by atoms with van der Waals surface area (Å²) in [5.74, 6) is -0.491. The second-order valence-electron chi connectivity index (χ2n) is 6.90. The summed E-state index contributed by atoms with van der Waals surface area (Å²) in [5.41, 5.74) is 0.263. The minimum Gasteiger partial charge on any atom is -0.507 e. The van der Waals surface area contributed by atoms with Gasteiger partial charge in [0.05, 0.1) is 24.0 Å². The second kappa shape index (κ2) is 6.75. The number of phenols is 1. The van der Waals surface area contributed by atoms with E-state index in [1.807, 2.05) is 0 Å². The molecule has 0 amide bonds. The van der Waals surface area contributed by atoms with Gasteiger partial charge in [0.25, 0.3) is 0 Å². The normalized spacial score (nSPS) is 20.6. The number of halogens is 3. The fraction of sp³-hybridized carbons (Fsp3) is 0.368. The van der Waals surface area contributed by atoms with Crippen LogP contribution >= 0.6 is 0 Å². The molecule has 6 nitrogen and oxygen atoms in total. The number of nitrogens with zero attached hydrogens (tertiary/aromatic N) is 3. The molecule has 1 aromatic carbocycles. The van der Waals surface area contributed by atoms with Crippen LogP contribution in [-0.4, -0.2) is 44.3 Å². The summed E-state index contributed by atoms with van der Waals surface area (Å²) in [4.78, 5) is 4.40. The number of phenolic OH excluding ortho intramolecular Hbond substituents is 1. The smallest absolute Gasteiger partial charge is 0.416 e. The van der Waals surface area contributed by atoms with E-state index in [2.05, 4.69) is 10.1 Å². The molecule has 3 heterocycles. The molecule has 1 fully saturated rings. The lowest BCUT2D eigenvalue weighted by atomic mass is 10.00. The summed E-state index contributed by atoms with van der Waals surface area (Å²) in [5, 5.41) is 25.5. The first-order valence-electron chi connectivity index (χ1n) is 8.77. The van der Waals surface area contributed by atoms with Crippen LogP contribution in [0.15, 0.2) is 30.5 Å². The molecule has 0 spiro atoms. The third kappa shape index (κ3) is 3.31. The number of alkyl halides is 3. The number of hydrogen-bond acceptors (Lipinski definition) is 5. The zero-order chi connectivity index (χ0) is 20.1. The number of aliphatic hydroxyl groups excluding tert-OH is 1. The van der Waals surface area contributed by atoms with Crippen LogP contribution in [0, 0.1) is 6.92 Å². The molecular formula is C19H18F3N3O3. The van der Waals surface area contributed by atoms with Crippen LogP contribution in [0.4, 0.5) is 13.2 Å². The van der Waals surface area contributed by atoms with Crippen LogP contribution in [0.25, 0.3) is 22.3 Å². The van der Waals surface area contributed by atoms with Gasteiger partial charge in [-0.3, -0.25) is 4.68 Å². The summed E-state index contributed by atoms with van der Waals surface area (Å²) in [7, 11) is 0. The molecule has 148 valence electrons. The van der Waals surface area contributed by atoms with Gasteiger partial charge in [0.2, 0.25) is 0 Å². The summed E-state index contributed by atoms with van der Waals surface area (Å²) in [6, 6.07) is 4.70. The van der Waals surface area contributed by atoms with Crippen molar-refractivity contribution in [2.75, 3.05) is 13.2 Å². The lowest BCUT2D eigenvalue weighted by Crippen LogP contribution is -2.34. The van der Waals surface area contributed by atoms with Gasteiger partial charge in [-0.1, -0.05) is 0 Å². The Labute approximate surface area is 158 Å². The lowest BCUT2D eigenvalue weighted by Gasteiger charge is -2.27. The second-order valence-corrected chi connectivity index (χ2v) is 6.90. The van der Waals surface area contributed by atoms with Crippen molar-refractivity contribution >= 4 is 11.0 Å². The van der Waals surface area contributed by atoms with E-state index >= 15 is 0 Å². The van der Waals surface area contributed by atoms with Crippen LogP contribution in [0.3, 0.4) is 0 Å². The molecule has 2 atom stereocenters. The van der Waals surface area contributed by atoms with E-state index in [1.54, 1.807) is 23.0 Å². The van der Waals surface area contributed by atoms with Crippen molar-refractivity contribution in [2.24, 2.45) is 0 Å². The number of pyridine rings is 1. The van der Waals surface area contributed by atoms with Crippen LogP contribution < -0.4 is 0 Å². The minimum atomic E-state index is -4.54. The third-order valence-electron chi connectivity index (χ3n) is 4.92. The maximum Gasteiger partial charge on any atom is 0.416 e. The third-order valence-corrected chi connectivity index (χ3v) is 4.92. The van der Waals surface area contributed by atoms with E-state index in [4.69, 9.17) is 4.74 Å². The quantitative estimate of drug-likeness (QED) is 0.697. The Hall–Kier alpha value is -2.65. The number of aliphatic hydroxyl groups is 1. The number of fused-ring (bicyclic) bond motifs is 1. The van der Waals surface area contributed by atoms with Crippen LogP contribution in [0.1, 0.15) is 23.6 Å². The Balaban J connectivity index is 1.74. The van der Waals surface area contributed by atoms with Crippen LogP contribution in [0.5, 0.6) is 5.75 Å². The van der Waals surface area contributed by atoms with Crippen molar-refractivity contribution < 1.29 is 28.1 Å². The average molecular weight is 393 g/mol. The molecule has 1 saturated heterocycles. The summed E-state index contributed by atoms with van der Waals surface area (Å²) in [6.45, 7) is 2.32. The highest BCUT2D eigenvalue weighted by Gasteiger charge is 2.32. The Morgan fingerprint density at radius 2 is 2.04 bits per heavy atom. The van der Waals surface area contributed by atoms with Crippen molar-refractivity contribution in [3.8, 4) is 17.0 Å². The highest BCUT2D eigenvalue weighted by Crippen LogP contribution is 2.38. The summed E-state index contributed by atoms with van der Waals surface area (Å²) in [6.07, 6.45) is -2.87. The largest absolute Gasteiger partial charge is 0.507 e. The predicted molar refractivity (Wildman–Crippen MR) is 94.8 cm³/mol. The molecule has 2 N–H and O–H groups in total. The molecule has 0 aliphatic carbocycles. The number of hydrogen-bond donors (Lipinski definition) is 2. The topological polar surface area (TPSA) is 80.4 Å². The molecule has 28 heavy (non-hydrogen) atoms. The molecule has 1 aliphatic heterocycles. The number of aromatic hydroxyl groups is 1. The molecule has 3 aromatic rings. The molecular weight excluding hydrogens is 375 g/mol. The standard InChI is InChI=1S/C19H18F3N3O3/c1-10-6-12(19(20,21)22)7-16(27)17(10)13-3-2-11-8-25(24-18(11)23-13)14-9-28-5-4-15(14)26/h2-3,6-8,14-15,26-27H,4-5,9H2,1H3/t14-,15-/m1/s1. The van der Waals surface area contributed by atoms with Crippen molar-refractivity contribution in [3.63, 3.8) is 0 Å². The first-order valence-corrected chi connectivity index (χ1v) is 8.77. The van der Waals surface area contributed by atoms with Gasteiger partial charge in [-0.2, -0.15) is 18.3 Å². The summed E-state index contributed by atoms with van der Waals surface area (Å²) < 4.78 is 45.8. The fourth-order valence-corrected chi connectivity index (χ4v) is 3.46. The number of ether oxygens (including phenoxy) is 1. The first kappa shape index (κ1) is 18.7. The average Bonchev–Trinajstić information content (AvgIpc) is 3.04. The highest BCUT2D eigenvalue weighted by molar-refractivity contribution is 5.80. The van der Waals surface area contributed by atoms with Crippen molar-refractivity contribution in [1.29, 1.82) is 0 Å². The minimum absolute atomic E-state index is 0.227. The highest BCUT2D eigenvalue weighted by atomic mass is 19.4. The van der Waals surface area contributed by atoms with E-state index in [0.717, 1.165) is 6.07 Å². The number of benzene rings is 1. The van der Waals surface area contributed by atoms with Crippen LogP contribution in [0.2, 0.25) is 0 Å². The number of aromatic nitrogens is 3. The fourth-order valence-electron chi connectivity index (χ4n) is 3.46. The van der Waals surface area contributed by atoms with Gasteiger partial charge in [0, 0.05) is 23.8 Å². The van der Waals surface area contributed by atoms with E-state index < -0.39 is 23.6 Å².